The van der Waals surface area contributed by atoms with Gasteiger partial charge in [0, 0.05) is 16.6 Å². The van der Waals surface area contributed by atoms with Crippen molar-refractivity contribution in [2.45, 2.75) is 13.5 Å². The van der Waals surface area contributed by atoms with E-state index in [1.54, 1.807) is 4.68 Å². The van der Waals surface area contributed by atoms with Gasteiger partial charge in [0.1, 0.15) is 0 Å². The Labute approximate surface area is 177 Å². The molecule has 3 aromatic carbocycles. The summed E-state index contributed by atoms with van der Waals surface area (Å²) in [6.45, 7) is 2.44. The van der Waals surface area contributed by atoms with Crippen LogP contribution in [-0.2, 0) is 6.54 Å². The fraction of sp³-hybridized carbons (Fsp3) is 0.0870. The van der Waals surface area contributed by atoms with Crippen molar-refractivity contribution < 1.29 is 4.79 Å². The van der Waals surface area contributed by atoms with Crippen molar-refractivity contribution in [3.8, 4) is 17.1 Å². The maximum Gasteiger partial charge on any atom is 0.291 e. The van der Waals surface area contributed by atoms with Crippen LogP contribution in [0.1, 0.15) is 21.7 Å². The Morgan fingerprint density at radius 2 is 1.76 bits per heavy atom. The third kappa shape index (κ3) is 4.43. The van der Waals surface area contributed by atoms with Crippen LogP contribution < -0.4 is 5.32 Å². The average molecular weight is 447 g/mol. The van der Waals surface area contributed by atoms with Gasteiger partial charge in [-0.05, 0) is 42.3 Å². The summed E-state index contributed by atoms with van der Waals surface area (Å²) in [4.78, 5) is 17.3. The van der Waals surface area contributed by atoms with Crippen LogP contribution in [0.25, 0.3) is 17.1 Å². The molecule has 144 valence electrons. The van der Waals surface area contributed by atoms with E-state index < -0.39 is 0 Å². The van der Waals surface area contributed by atoms with E-state index >= 15 is 0 Å². The van der Waals surface area contributed by atoms with Gasteiger partial charge in [-0.1, -0.05) is 70.5 Å². The Kier molecular flexibility index (Phi) is 5.53. The second kappa shape index (κ2) is 8.41. The molecule has 6 heteroatoms. The minimum Gasteiger partial charge on any atom is -0.345 e. The highest BCUT2D eigenvalue weighted by Gasteiger charge is 2.18. The molecule has 29 heavy (non-hydrogen) atoms. The molecule has 0 aliphatic heterocycles. The Balaban J connectivity index is 1.69. The number of aryl methyl sites for hydroxylation is 1. The van der Waals surface area contributed by atoms with Crippen LogP contribution in [0.5, 0.6) is 0 Å². The lowest BCUT2D eigenvalue weighted by Crippen LogP contribution is -2.24. The molecule has 0 saturated carbocycles. The summed E-state index contributed by atoms with van der Waals surface area (Å²) >= 11 is 3.46. The molecule has 0 radical (unpaired) electrons. The zero-order valence-corrected chi connectivity index (χ0v) is 17.4. The molecule has 5 nitrogen and oxygen atoms in total. The molecule has 0 fully saturated rings. The van der Waals surface area contributed by atoms with E-state index in [0.29, 0.717) is 12.4 Å². The molecule has 4 rings (SSSR count). The molecule has 1 aromatic heterocycles. The minimum atomic E-state index is -0.307. The monoisotopic (exact) mass is 446 g/mol. The predicted molar refractivity (Wildman–Crippen MR) is 117 cm³/mol. The van der Waals surface area contributed by atoms with Gasteiger partial charge in [-0.25, -0.2) is 9.67 Å². The number of hydrogen-bond donors (Lipinski definition) is 1. The van der Waals surface area contributed by atoms with Crippen LogP contribution in [0.3, 0.4) is 0 Å². The molecule has 1 heterocycles. The van der Waals surface area contributed by atoms with Crippen molar-refractivity contribution in [3.63, 3.8) is 0 Å². The number of benzene rings is 3. The first-order chi connectivity index (χ1) is 14.1. The molecule has 0 aliphatic rings. The highest BCUT2D eigenvalue weighted by Crippen LogP contribution is 2.23. The highest BCUT2D eigenvalue weighted by molar-refractivity contribution is 9.10. The Hall–Kier alpha value is -3.25. The van der Waals surface area contributed by atoms with Crippen LogP contribution in [0.15, 0.2) is 83.3 Å². The van der Waals surface area contributed by atoms with Gasteiger partial charge >= 0.3 is 0 Å². The molecule has 1 amide bonds. The van der Waals surface area contributed by atoms with E-state index in [4.69, 9.17) is 0 Å². The standard InChI is InChI=1S/C23H19BrN4O/c1-16-6-5-9-20(14-16)28-22(18-10-12-19(24)13-11-18)26-21(27-28)23(29)25-15-17-7-3-2-4-8-17/h2-14H,15H2,1H3,(H,25,29). The van der Waals surface area contributed by atoms with Gasteiger partial charge in [0.15, 0.2) is 5.82 Å². The molecule has 0 aliphatic carbocycles. The van der Waals surface area contributed by atoms with E-state index in [0.717, 1.165) is 26.9 Å². The number of halogens is 1. The Morgan fingerprint density at radius 1 is 1.00 bits per heavy atom. The lowest BCUT2D eigenvalue weighted by atomic mass is 10.2. The number of nitrogens with zero attached hydrogens (tertiary/aromatic N) is 3. The largest absolute Gasteiger partial charge is 0.345 e. The molecular weight excluding hydrogens is 428 g/mol. The van der Waals surface area contributed by atoms with E-state index in [1.807, 2.05) is 85.8 Å². The number of hydrogen-bond acceptors (Lipinski definition) is 3. The Morgan fingerprint density at radius 3 is 2.48 bits per heavy atom. The third-order valence-corrected chi connectivity index (χ3v) is 4.98. The summed E-state index contributed by atoms with van der Waals surface area (Å²) in [5.41, 5.74) is 3.86. The third-order valence-electron chi connectivity index (χ3n) is 4.45. The van der Waals surface area contributed by atoms with Crippen molar-refractivity contribution in [2.24, 2.45) is 0 Å². The van der Waals surface area contributed by atoms with Gasteiger partial charge in [0.05, 0.1) is 5.69 Å². The predicted octanol–water partition coefficient (Wildman–Crippen LogP) is 4.94. The lowest BCUT2D eigenvalue weighted by molar-refractivity contribution is 0.0940. The summed E-state index contributed by atoms with van der Waals surface area (Å²) in [6, 6.07) is 25.5. The molecule has 0 atom stereocenters. The molecule has 0 unspecified atom stereocenters. The quantitative estimate of drug-likeness (QED) is 0.472. The van der Waals surface area contributed by atoms with Gasteiger partial charge in [0.2, 0.25) is 5.82 Å². The number of amides is 1. The van der Waals surface area contributed by atoms with Crippen LogP contribution in [0, 0.1) is 6.92 Å². The van der Waals surface area contributed by atoms with Crippen molar-refractivity contribution in [3.05, 3.63) is 100 Å². The van der Waals surface area contributed by atoms with E-state index in [9.17, 15) is 4.79 Å². The van der Waals surface area contributed by atoms with Gasteiger partial charge in [-0.2, -0.15) is 0 Å². The normalized spacial score (nSPS) is 10.7. The summed E-state index contributed by atoms with van der Waals surface area (Å²) in [7, 11) is 0. The summed E-state index contributed by atoms with van der Waals surface area (Å²) < 4.78 is 2.69. The van der Waals surface area contributed by atoms with Gasteiger partial charge in [-0.3, -0.25) is 4.79 Å². The van der Waals surface area contributed by atoms with Gasteiger partial charge in [0.25, 0.3) is 5.91 Å². The second-order valence-corrected chi connectivity index (χ2v) is 7.60. The van der Waals surface area contributed by atoms with Gasteiger partial charge < -0.3 is 5.32 Å². The zero-order valence-electron chi connectivity index (χ0n) is 15.8. The molecular formula is C23H19BrN4O. The number of aromatic nitrogens is 3. The topological polar surface area (TPSA) is 59.8 Å². The SMILES string of the molecule is Cc1cccc(-n2nc(C(=O)NCc3ccccc3)nc2-c2ccc(Br)cc2)c1. The first kappa shape index (κ1) is 19.1. The summed E-state index contributed by atoms with van der Waals surface area (Å²) in [5.74, 6) is 0.451. The molecule has 0 saturated heterocycles. The fourth-order valence-corrected chi connectivity index (χ4v) is 3.26. The van der Waals surface area contributed by atoms with Crippen molar-refractivity contribution >= 4 is 21.8 Å². The van der Waals surface area contributed by atoms with Crippen LogP contribution >= 0.6 is 15.9 Å². The average Bonchev–Trinajstić information content (AvgIpc) is 3.19. The van der Waals surface area contributed by atoms with E-state index in [1.165, 1.54) is 0 Å². The van der Waals surface area contributed by atoms with Crippen molar-refractivity contribution in [1.29, 1.82) is 0 Å². The lowest BCUT2D eigenvalue weighted by Gasteiger charge is -2.07. The smallest absolute Gasteiger partial charge is 0.291 e. The van der Waals surface area contributed by atoms with Gasteiger partial charge in [-0.15, -0.1) is 5.10 Å². The highest BCUT2D eigenvalue weighted by atomic mass is 79.9. The number of rotatable bonds is 5. The molecule has 1 N–H and O–H groups in total. The first-order valence-corrected chi connectivity index (χ1v) is 10.0. The maximum atomic E-state index is 12.7. The number of nitrogens with one attached hydrogen (secondary N) is 1. The van der Waals surface area contributed by atoms with Crippen LogP contribution in [0.2, 0.25) is 0 Å². The van der Waals surface area contributed by atoms with Crippen molar-refractivity contribution in [1.82, 2.24) is 20.1 Å². The Bertz CT molecular complexity index is 1140. The van der Waals surface area contributed by atoms with Crippen LogP contribution in [-0.4, -0.2) is 20.7 Å². The number of carbonyl (C=O) groups excluding carboxylic acids is 1. The van der Waals surface area contributed by atoms with Crippen molar-refractivity contribution in [2.75, 3.05) is 0 Å². The fourth-order valence-electron chi connectivity index (χ4n) is 2.99. The van der Waals surface area contributed by atoms with E-state index in [2.05, 4.69) is 31.3 Å². The molecule has 0 spiro atoms. The summed E-state index contributed by atoms with van der Waals surface area (Å²) in [6.07, 6.45) is 0. The maximum absolute atomic E-state index is 12.7. The number of carbonyl (C=O) groups is 1. The zero-order chi connectivity index (χ0) is 20.2. The van der Waals surface area contributed by atoms with E-state index in [-0.39, 0.29) is 11.7 Å². The molecule has 0 bridgehead atoms. The minimum absolute atomic E-state index is 0.139. The summed E-state index contributed by atoms with van der Waals surface area (Å²) in [5, 5.41) is 7.41. The van der Waals surface area contributed by atoms with Crippen LogP contribution in [0.4, 0.5) is 0 Å². The molecule has 4 aromatic rings. The first-order valence-electron chi connectivity index (χ1n) is 9.22. The second-order valence-electron chi connectivity index (χ2n) is 6.68.